The Kier molecular flexibility index (Phi) is 5.01. The summed E-state index contributed by atoms with van der Waals surface area (Å²) in [5.41, 5.74) is 2.14. The topological polar surface area (TPSA) is 43.8 Å². The molecule has 2 rings (SSSR count). The molecule has 1 aliphatic heterocycles. The summed E-state index contributed by atoms with van der Waals surface area (Å²) in [5.74, 6) is 0.160. The number of amides is 1. The average molecular weight is 276 g/mol. The highest BCUT2D eigenvalue weighted by Crippen LogP contribution is 2.22. The number of carbonyl (C=O) groups excluding carboxylic acids is 1. The molecular weight excluding hydrogens is 252 g/mol. The van der Waals surface area contributed by atoms with Gasteiger partial charge in [0.2, 0.25) is 5.91 Å². The highest BCUT2D eigenvalue weighted by atomic mass is 16.3. The van der Waals surface area contributed by atoms with E-state index in [4.69, 9.17) is 0 Å². The normalized spacial score (nSPS) is 17.8. The van der Waals surface area contributed by atoms with E-state index in [2.05, 4.69) is 17.0 Å². The summed E-state index contributed by atoms with van der Waals surface area (Å²) in [5, 5.41) is 9.81. The van der Waals surface area contributed by atoms with Crippen LogP contribution in [0.15, 0.2) is 24.3 Å². The third-order valence-corrected chi connectivity index (χ3v) is 3.97. The fourth-order valence-corrected chi connectivity index (χ4v) is 2.63. The van der Waals surface area contributed by atoms with Crippen molar-refractivity contribution in [2.75, 3.05) is 31.1 Å². The molecule has 0 aromatic heterocycles. The highest BCUT2D eigenvalue weighted by molar-refractivity contribution is 5.73. The summed E-state index contributed by atoms with van der Waals surface area (Å²) < 4.78 is 0. The predicted molar refractivity (Wildman–Crippen MR) is 80.8 cm³/mol. The van der Waals surface area contributed by atoms with Crippen LogP contribution in [0.4, 0.5) is 5.69 Å². The molecule has 0 spiro atoms. The number of hydrogen-bond acceptors (Lipinski definition) is 3. The molecular formula is C16H24N2O2. The number of nitrogens with zero attached hydrogens (tertiary/aromatic N) is 2. The Hall–Kier alpha value is -1.55. The first-order chi connectivity index (χ1) is 9.61. The maximum absolute atomic E-state index is 11.4. The van der Waals surface area contributed by atoms with Gasteiger partial charge in [0, 0.05) is 38.8 Å². The Labute approximate surface area is 121 Å². The minimum Gasteiger partial charge on any atom is -0.388 e. The smallest absolute Gasteiger partial charge is 0.219 e. The summed E-state index contributed by atoms with van der Waals surface area (Å²) in [6.45, 7) is 7.09. The number of benzene rings is 1. The fourth-order valence-electron chi connectivity index (χ4n) is 2.63. The van der Waals surface area contributed by atoms with Crippen LogP contribution in [0.5, 0.6) is 0 Å². The summed E-state index contributed by atoms with van der Waals surface area (Å²) in [6, 6.07) is 8.13. The third-order valence-electron chi connectivity index (χ3n) is 3.97. The summed E-state index contributed by atoms with van der Waals surface area (Å²) in [4.78, 5) is 15.6. The van der Waals surface area contributed by atoms with E-state index in [1.807, 2.05) is 24.0 Å². The van der Waals surface area contributed by atoms with Crippen LogP contribution in [0.3, 0.4) is 0 Å². The van der Waals surface area contributed by atoms with Crippen molar-refractivity contribution < 1.29 is 9.90 Å². The first-order valence-electron chi connectivity index (χ1n) is 7.40. The molecule has 1 aliphatic rings. The van der Waals surface area contributed by atoms with Crippen molar-refractivity contribution in [3.8, 4) is 0 Å². The largest absolute Gasteiger partial charge is 0.388 e. The maximum atomic E-state index is 11.4. The fraction of sp³-hybridized carbons (Fsp3) is 0.562. The number of aliphatic hydroxyl groups excluding tert-OH is 1. The van der Waals surface area contributed by atoms with Crippen LogP contribution in [0.1, 0.15) is 38.4 Å². The van der Waals surface area contributed by atoms with Gasteiger partial charge in [0.05, 0.1) is 6.10 Å². The van der Waals surface area contributed by atoms with E-state index < -0.39 is 0 Å². The Bertz CT molecular complexity index is 444. The van der Waals surface area contributed by atoms with E-state index in [-0.39, 0.29) is 12.0 Å². The highest BCUT2D eigenvalue weighted by Gasteiger charge is 2.16. The predicted octanol–water partition coefficient (Wildman–Crippen LogP) is 2.19. The van der Waals surface area contributed by atoms with Gasteiger partial charge in [-0.3, -0.25) is 4.79 Å². The molecule has 4 nitrogen and oxygen atoms in total. The molecule has 1 amide bonds. The van der Waals surface area contributed by atoms with Gasteiger partial charge in [0.25, 0.3) is 0 Å². The second kappa shape index (κ2) is 6.75. The molecule has 1 aromatic rings. The van der Waals surface area contributed by atoms with Crippen LogP contribution < -0.4 is 4.90 Å². The van der Waals surface area contributed by atoms with Gasteiger partial charge in [0.15, 0.2) is 0 Å². The lowest BCUT2D eigenvalue weighted by Gasteiger charge is -2.23. The van der Waals surface area contributed by atoms with Crippen LogP contribution in [-0.2, 0) is 4.79 Å². The van der Waals surface area contributed by atoms with Gasteiger partial charge in [-0.25, -0.2) is 0 Å². The van der Waals surface area contributed by atoms with Gasteiger partial charge < -0.3 is 14.9 Å². The van der Waals surface area contributed by atoms with Crippen LogP contribution in [0.25, 0.3) is 0 Å². The van der Waals surface area contributed by atoms with Crippen molar-refractivity contribution in [1.82, 2.24) is 4.90 Å². The van der Waals surface area contributed by atoms with Gasteiger partial charge >= 0.3 is 0 Å². The Morgan fingerprint density at radius 3 is 2.50 bits per heavy atom. The van der Waals surface area contributed by atoms with Gasteiger partial charge in [-0.1, -0.05) is 19.1 Å². The lowest BCUT2D eigenvalue weighted by molar-refractivity contribution is -0.128. The first kappa shape index (κ1) is 14.9. The molecule has 0 saturated carbocycles. The van der Waals surface area contributed by atoms with E-state index in [9.17, 15) is 9.90 Å². The zero-order chi connectivity index (χ0) is 14.5. The zero-order valence-electron chi connectivity index (χ0n) is 12.4. The maximum Gasteiger partial charge on any atom is 0.219 e. The van der Waals surface area contributed by atoms with Crippen molar-refractivity contribution in [2.45, 2.75) is 32.8 Å². The molecule has 110 valence electrons. The minimum atomic E-state index is -0.374. The Morgan fingerprint density at radius 1 is 1.20 bits per heavy atom. The summed E-state index contributed by atoms with van der Waals surface area (Å²) in [7, 11) is 0. The summed E-state index contributed by atoms with van der Waals surface area (Å²) in [6.07, 6.45) is 1.36. The zero-order valence-corrected chi connectivity index (χ0v) is 12.4. The van der Waals surface area contributed by atoms with Gasteiger partial charge in [-0.15, -0.1) is 0 Å². The molecule has 0 bridgehead atoms. The van der Waals surface area contributed by atoms with E-state index in [1.54, 1.807) is 6.92 Å². The SMILES string of the molecule is CC[C@@H](O)c1ccc(N2CCCN(C(C)=O)CC2)cc1. The monoisotopic (exact) mass is 276 g/mol. The van der Waals surface area contributed by atoms with Crippen LogP contribution in [-0.4, -0.2) is 42.1 Å². The molecule has 1 atom stereocenters. The van der Waals surface area contributed by atoms with E-state index >= 15 is 0 Å². The molecule has 1 fully saturated rings. The quantitative estimate of drug-likeness (QED) is 0.920. The lowest BCUT2D eigenvalue weighted by Crippen LogP contribution is -2.33. The molecule has 1 heterocycles. The van der Waals surface area contributed by atoms with Crippen molar-refractivity contribution >= 4 is 11.6 Å². The summed E-state index contributed by atoms with van der Waals surface area (Å²) >= 11 is 0. The molecule has 1 aromatic carbocycles. The number of aliphatic hydroxyl groups is 1. The second-order valence-corrected chi connectivity index (χ2v) is 5.36. The number of rotatable bonds is 3. The van der Waals surface area contributed by atoms with Crippen molar-refractivity contribution in [2.24, 2.45) is 0 Å². The number of carbonyl (C=O) groups is 1. The lowest BCUT2D eigenvalue weighted by atomic mass is 10.1. The van der Waals surface area contributed by atoms with Crippen molar-refractivity contribution in [1.29, 1.82) is 0 Å². The van der Waals surface area contributed by atoms with Crippen LogP contribution >= 0.6 is 0 Å². The molecule has 0 radical (unpaired) electrons. The molecule has 0 aliphatic carbocycles. The molecule has 0 unspecified atom stereocenters. The molecule has 20 heavy (non-hydrogen) atoms. The van der Waals surface area contributed by atoms with E-state index in [1.165, 1.54) is 5.69 Å². The van der Waals surface area contributed by atoms with Gasteiger partial charge in [0.1, 0.15) is 0 Å². The third kappa shape index (κ3) is 3.51. The molecule has 1 N–H and O–H groups in total. The standard InChI is InChI=1S/C16H24N2O2/c1-3-16(20)14-5-7-15(8-6-14)18-10-4-9-17(11-12-18)13(2)19/h5-8,16,20H,3-4,9-12H2,1-2H3/t16-/m1/s1. The van der Waals surface area contributed by atoms with E-state index in [0.717, 1.165) is 44.6 Å². The number of hydrogen-bond donors (Lipinski definition) is 1. The Balaban J connectivity index is 2.02. The molecule has 1 saturated heterocycles. The van der Waals surface area contributed by atoms with Gasteiger partial charge in [-0.05, 0) is 30.5 Å². The second-order valence-electron chi connectivity index (χ2n) is 5.36. The number of anilines is 1. The van der Waals surface area contributed by atoms with Crippen molar-refractivity contribution in [3.05, 3.63) is 29.8 Å². The molecule has 4 heteroatoms. The van der Waals surface area contributed by atoms with Crippen molar-refractivity contribution in [3.63, 3.8) is 0 Å². The minimum absolute atomic E-state index is 0.160. The average Bonchev–Trinajstić information content (AvgIpc) is 2.72. The van der Waals surface area contributed by atoms with Crippen LogP contribution in [0, 0.1) is 0 Å². The first-order valence-corrected chi connectivity index (χ1v) is 7.40. The van der Waals surface area contributed by atoms with Crippen LogP contribution in [0.2, 0.25) is 0 Å². The van der Waals surface area contributed by atoms with Gasteiger partial charge in [-0.2, -0.15) is 0 Å². The van der Waals surface area contributed by atoms with E-state index in [0.29, 0.717) is 0 Å². The Morgan fingerprint density at radius 2 is 1.90 bits per heavy atom.